The van der Waals surface area contributed by atoms with Crippen LogP contribution in [0.2, 0.25) is 15.1 Å². The Balaban J connectivity index is 1.48. The molecular weight excluding hydrogens is 569 g/mol. The molecule has 0 aliphatic heterocycles. The molecule has 1 N–H and O–H groups in total. The van der Waals surface area contributed by atoms with Crippen molar-refractivity contribution in [1.82, 2.24) is 14.8 Å². The number of hydrogen-bond donors (Lipinski definition) is 1. The van der Waals surface area contributed by atoms with Crippen LogP contribution in [-0.4, -0.2) is 52.8 Å². The quantitative estimate of drug-likeness (QED) is 0.174. The Labute approximate surface area is 249 Å². The third-order valence-corrected chi connectivity index (χ3v) is 7.66. The van der Waals surface area contributed by atoms with Gasteiger partial charge in [0.1, 0.15) is 5.75 Å². The minimum Gasteiger partial charge on any atom is -0.484 e. The predicted molar refractivity (Wildman–Crippen MR) is 162 cm³/mol. The van der Waals surface area contributed by atoms with E-state index in [4.69, 9.17) is 39.5 Å². The zero-order valence-corrected chi connectivity index (χ0v) is 24.6. The summed E-state index contributed by atoms with van der Waals surface area (Å²) in [5, 5.41) is 2.61. The van der Waals surface area contributed by atoms with Gasteiger partial charge in [-0.25, -0.2) is 0 Å². The van der Waals surface area contributed by atoms with Crippen LogP contribution >= 0.6 is 34.8 Å². The van der Waals surface area contributed by atoms with Crippen LogP contribution in [0.3, 0.4) is 0 Å². The number of nitrogens with one attached hydrogen (secondary N) is 1. The van der Waals surface area contributed by atoms with Gasteiger partial charge in [0.25, 0.3) is 5.91 Å². The largest absolute Gasteiger partial charge is 0.484 e. The highest BCUT2D eigenvalue weighted by atomic mass is 35.5. The molecule has 40 heavy (non-hydrogen) atoms. The molecule has 0 atom stereocenters. The number of hydrogen-bond acceptors (Lipinski definition) is 3. The smallest absolute Gasteiger partial charge is 0.260 e. The van der Waals surface area contributed by atoms with Crippen molar-refractivity contribution in [1.29, 1.82) is 0 Å². The van der Waals surface area contributed by atoms with Gasteiger partial charge in [0.2, 0.25) is 5.91 Å². The van der Waals surface area contributed by atoms with E-state index in [1.807, 2.05) is 37.4 Å². The van der Waals surface area contributed by atoms with E-state index >= 15 is 0 Å². The number of carbonyl (C=O) groups excluding carboxylic acids is 2. The van der Waals surface area contributed by atoms with Gasteiger partial charge in [-0.15, -0.1) is 0 Å². The minimum absolute atomic E-state index is 0.0436. The van der Waals surface area contributed by atoms with E-state index in [1.165, 1.54) is 0 Å². The minimum atomic E-state index is -0.247. The molecule has 4 rings (SSSR count). The van der Waals surface area contributed by atoms with Crippen LogP contribution in [-0.2, 0) is 22.6 Å². The molecule has 0 aliphatic rings. The second kappa shape index (κ2) is 14.4. The number of aromatic nitrogens is 1. The molecule has 0 fully saturated rings. The van der Waals surface area contributed by atoms with Crippen molar-refractivity contribution in [2.24, 2.45) is 0 Å². The number of carbonyl (C=O) groups is 2. The third-order valence-electron chi connectivity index (χ3n) is 6.67. The molecule has 0 radical (unpaired) electrons. The van der Waals surface area contributed by atoms with Gasteiger partial charge in [-0.1, -0.05) is 72.4 Å². The Hall–Kier alpha value is -3.19. The maximum atomic E-state index is 13.7. The molecule has 1 heterocycles. The number of nitrogens with zero attached hydrogens (tertiary/aromatic N) is 2. The van der Waals surface area contributed by atoms with E-state index in [0.29, 0.717) is 46.9 Å². The van der Waals surface area contributed by atoms with Crippen molar-refractivity contribution in [3.8, 4) is 5.75 Å². The predicted octanol–water partition coefficient (Wildman–Crippen LogP) is 7.41. The maximum Gasteiger partial charge on any atom is 0.260 e. The van der Waals surface area contributed by atoms with Crippen LogP contribution in [0, 0.1) is 0 Å². The molecule has 4 aromatic rings. The van der Waals surface area contributed by atoms with Gasteiger partial charge in [0.15, 0.2) is 6.61 Å². The second-order valence-corrected chi connectivity index (χ2v) is 10.8. The molecule has 2 amide bonds. The summed E-state index contributed by atoms with van der Waals surface area (Å²) in [7, 11) is 0. The van der Waals surface area contributed by atoms with Crippen LogP contribution in [0.1, 0.15) is 30.9 Å². The van der Waals surface area contributed by atoms with Crippen molar-refractivity contribution >= 4 is 57.5 Å². The van der Waals surface area contributed by atoms with Gasteiger partial charge < -0.3 is 19.5 Å². The van der Waals surface area contributed by atoms with Crippen LogP contribution < -0.4 is 4.74 Å². The number of rotatable bonds is 13. The summed E-state index contributed by atoms with van der Waals surface area (Å²) in [5.41, 5.74) is 3.04. The molecule has 0 spiro atoms. The van der Waals surface area contributed by atoms with Crippen LogP contribution in [0.4, 0.5) is 0 Å². The number of halogens is 3. The summed E-state index contributed by atoms with van der Waals surface area (Å²) >= 11 is 18.3. The summed E-state index contributed by atoms with van der Waals surface area (Å²) in [4.78, 5) is 33.5. The molecule has 0 saturated heterocycles. The zero-order chi connectivity index (χ0) is 28.5. The molecule has 0 aliphatic carbocycles. The van der Waals surface area contributed by atoms with Gasteiger partial charge in [0.05, 0.1) is 16.6 Å². The summed E-state index contributed by atoms with van der Waals surface area (Å²) in [6.07, 6.45) is 4.31. The fourth-order valence-corrected chi connectivity index (χ4v) is 4.86. The molecule has 1 aromatic heterocycles. The standard InChI is InChI=1S/C31H32Cl3N3O3/c1-2-3-15-36(31(39)21-40-25-11-9-24(32)10-12-25)20-30(38)37(19-22-8-13-27(33)28(34)17-22)16-14-23-18-35-29-7-5-4-6-26(23)29/h4-13,17-18,35H,2-3,14-16,19-21H2,1H3. The van der Waals surface area contributed by atoms with Crippen LogP contribution in [0.5, 0.6) is 5.75 Å². The Bertz CT molecular complexity index is 1440. The van der Waals surface area contributed by atoms with Crippen molar-refractivity contribution < 1.29 is 14.3 Å². The molecule has 210 valence electrons. The van der Waals surface area contributed by atoms with Crippen molar-refractivity contribution in [2.45, 2.75) is 32.7 Å². The van der Waals surface area contributed by atoms with Gasteiger partial charge >= 0.3 is 0 Å². The lowest BCUT2D eigenvalue weighted by atomic mass is 10.1. The number of H-pyrrole nitrogens is 1. The summed E-state index contributed by atoms with van der Waals surface area (Å²) in [6, 6.07) is 20.3. The topological polar surface area (TPSA) is 65.6 Å². The number of benzene rings is 3. The second-order valence-electron chi connectivity index (χ2n) is 9.58. The van der Waals surface area contributed by atoms with Crippen LogP contribution in [0.15, 0.2) is 72.9 Å². The summed E-state index contributed by atoms with van der Waals surface area (Å²) in [6.45, 7) is 3.12. The van der Waals surface area contributed by atoms with E-state index in [1.54, 1.807) is 46.2 Å². The van der Waals surface area contributed by atoms with Crippen molar-refractivity contribution in [2.75, 3.05) is 26.2 Å². The average molecular weight is 601 g/mol. The van der Waals surface area contributed by atoms with Crippen molar-refractivity contribution in [3.63, 3.8) is 0 Å². The number of unbranched alkanes of at least 4 members (excludes halogenated alkanes) is 1. The molecule has 3 aromatic carbocycles. The Kier molecular flexibility index (Phi) is 10.8. The molecule has 0 unspecified atom stereocenters. The SMILES string of the molecule is CCCCN(CC(=O)N(CCc1c[nH]c2ccccc12)Cc1ccc(Cl)c(Cl)c1)C(=O)COc1ccc(Cl)cc1. The van der Waals surface area contributed by atoms with Gasteiger partial charge in [-0.2, -0.15) is 0 Å². The van der Waals surface area contributed by atoms with E-state index in [0.717, 1.165) is 34.9 Å². The first-order valence-corrected chi connectivity index (χ1v) is 14.4. The molecule has 0 bridgehead atoms. The lowest BCUT2D eigenvalue weighted by Gasteiger charge is -2.28. The average Bonchev–Trinajstić information content (AvgIpc) is 3.37. The Morgan fingerprint density at radius 3 is 2.40 bits per heavy atom. The third kappa shape index (κ3) is 8.17. The van der Waals surface area contributed by atoms with Gasteiger partial charge in [-0.05, 0) is 66.4 Å². The first kappa shape index (κ1) is 29.8. The Morgan fingerprint density at radius 1 is 0.875 bits per heavy atom. The van der Waals surface area contributed by atoms with E-state index < -0.39 is 0 Å². The van der Waals surface area contributed by atoms with E-state index in [9.17, 15) is 9.59 Å². The number of ether oxygens (including phenoxy) is 1. The number of para-hydroxylation sites is 1. The summed E-state index contributed by atoms with van der Waals surface area (Å²) < 4.78 is 5.68. The molecule has 9 heteroatoms. The first-order chi connectivity index (χ1) is 19.3. The molecular formula is C31H32Cl3N3O3. The van der Waals surface area contributed by atoms with E-state index in [2.05, 4.69) is 11.1 Å². The maximum absolute atomic E-state index is 13.7. The summed E-state index contributed by atoms with van der Waals surface area (Å²) in [5.74, 6) is 0.143. The monoisotopic (exact) mass is 599 g/mol. The molecule has 0 saturated carbocycles. The van der Waals surface area contributed by atoms with Crippen molar-refractivity contribution in [3.05, 3.63) is 99.1 Å². The number of amides is 2. The highest BCUT2D eigenvalue weighted by Crippen LogP contribution is 2.24. The highest BCUT2D eigenvalue weighted by molar-refractivity contribution is 6.42. The van der Waals surface area contributed by atoms with E-state index in [-0.39, 0.29) is 25.0 Å². The Morgan fingerprint density at radius 2 is 1.65 bits per heavy atom. The fraction of sp³-hybridized carbons (Fsp3) is 0.290. The van der Waals surface area contributed by atoms with Crippen LogP contribution in [0.25, 0.3) is 10.9 Å². The normalized spacial score (nSPS) is 11.0. The number of aromatic amines is 1. The lowest BCUT2D eigenvalue weighted by molar-refractivity contribution is -0.142. The number of fused-ring (bicyclic) bond motifs is 1. The zero-order valence-electron chi connectivity index (χ0n) is 22.3. The van der Waals surface area contributed by atoms with Gasteiger partial charge in [0, 0.05) is 41.8 Å². The fourth-order valence-electron chi connectivity index (χ4n) is 4.42. The first-order valence-electron chi connectivity index (χ1n) is 13.3. The molecule has 6 nitrogen and oxygen atoms in total. The highest BCUT2D eigenvalue weighted by Gasteiger charge is 2.22. The lowest BCUT2D eigenvalue weighted by Crippen LogP contribution is -2.45. The van der Waals surface area contributed by atoms with Gasteiger partial charge in [-0.3, -0.25) is 9.59 Å².